The summed E-state index contributed by atoms with van der Waals surface area (Å²) >= 11 is 0. The molecule has 6 atom stereocenters. The van der Waals surface area contributed by atoms with E-state index < -0.39 is 4.92 Å². The number of ketones is 1. The van der Waals surface area contributed by atoms with Gasteiger partial charge in [-0.15, -0.1) is 0 Å². The van der Waals surface area contributed by atoms with Crippen molar-refractivity contribution in [1.82, 2.24) is 0 Å². The van der Waals surface area contributed by atoms with Gasteiger partial charge in [-0.25, -0.2) is 0 Å². The molecule has 1 aromatic rings. The van der Waals surface area contributed by atoms with E-state index in [1.54, 1.807) is 12.1 Å². The topological polar surface area (TPSA) is 80.4 Å². The summed E-state index contributed by atoms with van der Waals surface area (Å²) in [5.41, 5.74) is 3.11. The first kappa shape index (κ1) is 20.6. The molecule has 0 aliphatic heterocycles. The second-order valence-electron chi connectivity index (χ2n) is 10.7. The minimum Gasteiger partial charge on any atom is -0.393 e. The number of hydrogen-bond donors (Lipinski definition) is 1. The van der Waals surface area contributed by atoms with E-state index in [0.717, 1.165) is 56.1 Å². The van der Waals surface area contributed by atoms with Crippen molar-refractivity contribution in [3.63, 3.8) is 0 Å². The molecule has 5 nitrogen and oxygen atoms in total. The van der Waals surface area contributed by atoms with Gasteiger partial charge in [-0.1, -0.05) is 25.5 Å². The number of fused-ring (bicyclic) bond motifs is 5. The van der Waals surface area contributed by atoms with Gasteiger partial charge in [0.25, 0.3) is 5.69 Å². The van der Waals surface area contributed by atoms with Gasteiger partial charge in [0.1, 0.15) is 0 Å². The number of non-ortho nitro benzene ring substituents is 1. The van der Waals surface area contributed by atoms with Crippen molar-refractivity contribution in [3.05, 3.63) is 57.2 Å². The van der Waals surface area contributed by atoms with Crippen LogP contribution in [0.1, 0.15) is 64.4 Å². The third-order valence-corrected chi connectivity index (χ3v) is 9.16. The fourth-order valence-corrected chi connectivity index (χ4v) is 7.33. The van der Waals surface area contributed by atoms with E-state index in [-0.39, 0.29) is 28.4 Å². The Kier molecular flexibility index (Phi) is 4.74. The molecule has 0 spiro atoms. The highest BCUT2D eigenvalue weighted by molar-refractivity contribution is 6.06. The highest BCUT2D eigenvalue weighted by atomic mass is 16.6. The summed E-state index contributed by atoms with van der Waals surface area (Å²) in [5, 5.41) is 21.1. The number of nitro groups is 1. The molecule has 0 radical (unpaired) electrons. The molecule has 164 valence electrons. The molecule has 5 heteroatoms. The molecule has 0 heterocycles. The summed E-state index contributed by atoms with van der Waals surface area (Å²) in [6.45, 7) is 4.56. The number of aliphatic hydroxyl groups excluding tert-OH is 1. The Morgan fingerprint density at radius 3 is 2.48 bits per heavy atom. The number of carbonyl (C=O) groups is 1. The summed E-state index contributed by atoms with van der Waals surface area (Å²) in [6, 6.07) is 6.47. The zero-order valence-corrected chi connectivity index (χ0v) is 18.3. The van der Waals surface area contributed by atoms with Crippen molar-refractivity contribution in [1.29, 1.82) is 0 Å². The van der Waals surface area contributed by atoms with Crippen molar-refractivity contribution in [2.45, 2.75) is 64.9 Å². The van der Waals surface area contributed by atoms with Crippen LogP contribution in [-0.2, 0) is 4.79 Å². The Labute approximate surface area is 183 Å². The van der Waals surface area contributed by atoms with Crippen LogP contribution in [0.15, 0.2) is 41.5 Å². The van der Waals surface area contributed by atoms with Crippen molar-refractivity contribution < 1.29 is 14.8 Å². The van der Waals surface area contributed by atoms with Gasteiger partial charge in [0.15, 0.2) is 5.78 Å². The average molecular weight is 422 g/mol. The fourth-order valence-electron chi connectivity index (χ4n) is 7.33. The highest BCUT2D eigenvalue weighted by Crippen LogP contribution is 2.64. The number of carbonyl (C=O) groups excluding carboxylic acids is 1. The second kappa shape index (κ2) is 7.13. The molecule has 5 rings (SSSR count). The van der Waals surface area contributed by atoms with Gasteiger partial charge in [0, 0.05) is 17.5 Å². The molecule has 0 saturated heterocycles. The lowest BCUT2D eigenvalue weighted by atomic mass is 9.48. The normalized spacial score (nSPS) is 40.7. The van der Waals surface area contributed by atoms with Gasteiger partial charge in [-0.3, -0.25) is 14.9 Å². The maximum absolute atomic E-state index is 13.5. The van der Waals surface area contributed by atoms with Crippen molar-refractivity contribution in [2.75, 3.05) is 0 Å². The maximum atomic E-state index is 13.5. The second-order valence-corrected chi connectivity index (χ2v) is 10.7. The van der Waals surface area contributed by atoms with Crippen molar-refractivity contribution in [2.24, 2.45) is 28.6 Å². The van der Waals surface area contributed by atoms with Crippen LogP contribution in [0, 0.1) is 38.7 Å². The SMILES string of the molecule is C[C@@]12CC[C@@H]3[C@H](CC=C4C[C@@H](O)CC[C@@]43C)[C@H]1C/C(=C\c1ccc([N+](=O)[O-])cc1)C2=O. The molecular weight excluding hydrogens is 390 g/mol. The Morgan fingerprint density at radius 1 is 1.06 bits per heavy atom. The van der Waals surface area contributed by atoms with Crippen LogP contribution in [0.5, 0.6) is 0 Å². The summed E-state index contributed by atoms with van der Waals surface area (Å²) in [5.74, 6) is 1.72. The van der Waals surface area contributed by atoms with Gasteiger partial charge < -0.3 is 5.11 Å². The Hall–Kier alpha value is -2.27. The number of allylic oxidation sites excluding steroid dienone is 2. The van der Waals surface area contributed by atoms with E-state index in [0.29, 0.717) is 17.8 Å². The predicted octanol–water partition coefficient (Wildman–Crippen LogP) is 5.48. The predicted molar refractivity (Wildman–Crippen MR) is 119 cm³/mol. The minimum absolute atomic E-state index is 0.0685. The van der Waals surface area contributed by atoms with E-state index in [4.69, 9.17) is 0 Å². The van der Waals surface area contributed by atoms with Crippen LogP contribution in [0.25, 0.3) is 6.08 Å². The quantitative estimate of drug-likeness (QED) is 0.297. The molecule has 1 aromatic carbocycles. The Balaban J connectivity index is 1.44. The molecule has 0 aromatic heterocycles. The molecule has 31 heavy (non-hydrogen) atoms. The number of aliphatic hydroxyl groups is 1. The molecule has 3 saturated carbocycles. The first-order valence-corrected chi connectivity index (χ1v) is 11.6. The minimum atomic E-state index is -0.400. The van der Waals surface area contributed by atoms with E-state index in [1.165, 1.54) is 17.7 Å². The monoisotopic (exact) mass is 421 g/mol. The van der Waals surface area contributed by atoms with Crippen LogP contribution in [0.2, 0.25) is 0 Å². The van der Waals surface area contributed by atoms with Gasteiger partial charge in [0.05, 0.1) is 11.0 Å². The number of nitrogens with zero attached hydrogens (tertiary/aromatic N) is 1. The first-order valence-electron chi connectivity index (χ1n) is 11.6. The third kappa shape index (κ3) is 3.12. The van der Waals surface area contributed by atoms with E-state index in [2.05, 4.69) is 19.9 Å². The summed E-state index contributed by atoms with van der Waals surface area (Å²) in [7, 11) is 0. The lowest BCUT2D eigenvalue weighted by Gasteiger charge is -2.56. The average Bonchev–Trinajstić information content (AvgIpc) is 2.99. The number of hydrogen-bond acceptors (Lipinski definition) is 4. The lowest BCUT2D eigenvalue weighted by Crippen LogP contribution is -2.50. The summed E-state index contributed by atoms with van der Waals surface area (Å²) in [6.07, 6.45) is 10.7. The standard InChI is InChI=1S/C26H31NO4/c1-25-11-9-20(28)15-18(25)5-8-21-22(25)10-12-26(2)23(21)14-17(24(26)29)13-16-3-6-19(7-4-16)27(30)31/h3-7,13,20-23,28H,8-12,14-15H2,1-2H3/b17-13+/t20-,21-,22+,23+,25-,26+/m0/s1. The zero-order valence-electron chi connectivity index (χ0n) is 18.3. The van der Waals surface area contributed by atoms with Gasteiger partial charge in [-0.05, 0) is 97.5 Å². The van der Waals surface area contributed by atoms with Crippen LogP contribution in [0.3, 0.4) is 0 Å². The van der Waals surface area contributed by atoms with Crippen LogP contribution < -0.4 is 0 Å². The van der Waals surface area contributed by atoms with Crippen molar-refractivity contribution in [3.8, 4) is 0 Å². The zero-order chi connectivity index (χ0) is 22.0. The molecule has 4 aliphatic rings. The van der Waals surface area contributed by atoms with Crippen LogP contribution in [0.4, 0.5) is 5.69 Å². The Bertz CT molecular complexity index is 993. The van der Waals surface area contributed by atoms with Crippen molar-refractivity contribution >= 4 is 17.5 Å². The molecule has 0 unspecified atom stereocenters. The largest absolute Gasteiger partial charge is 0.393 e. The molecule has 3 fully saturated rings. The molecule has 0 amide bonds. The number of nitro benzene ring substituents is 1. The van der Waals surface area contributed by atoms with Gasteiger partial charge >= 0.3 is 0 Å². The number of Topliss-reactive ketones (excluding diaryl/α,β-unsaturated/α-hetero) is 1. The maximum Gasteiger partial charge on any atom is 0.269 e. The van der Waals surface area contributed by atoms with Gasteiger partial charge in [0.2, 0.25) is 0 Å². The van der Waals surface area contributed by atoms with Crippen LogP contribution >= 0.6 is 0 Å². The van der Waals surface area contributed by atoms with E-state index >= 15 is 0 Å². The first-order chi connectivity index (χ1) is 14.7. The van der Waals surface area contributed by atoms with Crippen LogP contribution in [-0.4, -0.2) is 21.9 Å². The molecular formula is C26H31NO4. The van der Waals surface area contributed by atoms with E-state index in [9.17, 15) is 20.0 Å². The number of benzene rings is 1. The lowest BCUT2D eigenvalue weighted by molar-refractivity contribution is -0.384. The molecule has 0 bridgehead atoms. The summed E-state index contributed by atoms with van der Waals surface area (Å²) < 4.78 is 0. The van der Waals surface area contributed by atoms with Gasteiger partial charge in [-0.2, -0.15) is 0 Å². The smallest absolute Gasteiger partial charge is 0.269 e. The van der Waals surface area contributed by atoms with E-state index in [1.807, 2.05) is 6.08 Å². The third-order valence-electron chi connectivity index (χ3n) is 9.16. The molecule has 4 aliphatic carbocycles. The Morgan fingerprint density at radius 2 is 1.77 bits per heavy atom. The molecule has 1 N–H and O–H groups in total. The highest BCUT2D eigenvalue weighted by Gasteiger charge is 2.59. The summed E-state index contributed by atoms with van der Waals surface area (Å²) in [4.78, 5) is 24.0. The fraction of sp³-hybridized carbons (Fsp3) is 0.577. The number of rotatable bonds is 2.